The van der Waals surface area contributed by atoms with Crippen molar-refractivity contribution in [2.45, 2.75) is 25.4 Å². The fourth-order valence-electron chi connectivity index (χ4n) is 1.99. The Morgan fingerprint density at radius 1 is 1.69 bits per heavy atom. The van der Waals surface area contributed by atoms with Crippen LogP contribution in [0.15, 0.2) is 12.3 Å². The van der Waals surface area contributed by atoms with Gasteiger partial charge in [0.05, 0.1) is 5.76 Å². The third-order valence-corrected chi connectivity index (χ3v) is 2.55. The maximum absolute atomic E-state index is 11.5. The van der Waals surface area contributed by atoms with E-state index >= 15 is 0 Å². The van der Waals surface area contributed by atoms with Gasteiger partial charge in [-0.2, -0.15) is 0 Å². The van der Waals surface area contributed by atoms with Crippen molar-refractivity contribution in [2.75, 3.05) is 13.1 Å². The van der Waals surface area contributed by atoms with Crippen LogP contribution in [0, 0.1) is 0 Å². The topological polar surface area (TPSA) is 41.6 Å². The van der Waals surface area contributed by atoms with Crippen molar-refractivity contribution in [2.24, 2.45) is 0 Å². The summed E-state index contributed by atoms with van der Waals surface area (Å²) in [6.07, 6.45) is 0.812. The molecular formula is C9H14N2O2. The van der Waals surface area contributed by atoms with Crippen molar-refractivity contribution in [3.05, 3.63) is 12.3 Å². The summed E-state index contributed by atoms with van der Waals surface area (Å²) in [6.45, 7) is 6.90. The van der Waals surface area contributed by atoms with E-state index in [0.717, 1.165) is 19.5 Å². The van der Waals surface area contributed by atoms with Crippen LogP contribution in [-0.2, 0) is 4.74 Å². The van der Waals surface area contributed by atoms with Gasteiger partial charge in [-0.25, -0.2) is 4.79 Å². The average Bonchev–Trinajstić information content (AvgIpc) is 2.62. The van der Waals surface area contributed by atoms with Crippen LogP contribution in [0.5, 0.6) is 0 Å². The lowest BCUT2D eigenvalue weighted by Crippen LogP contribution is -2.46. The summed E-state index contributed by atoms with van der Waals surface area (Å²) in [5, 5.41) is 3.32. The molecule has 0 spiro atoms. The highest BCUT2D eigenvalue weighted by atomic mass is 16.6. The zero-order valence-electron chi connectivity index (χ0n) is 7.75. The Bertz CT molecular complexity index is 252. The molecule has 2 fully saturated rings. The number of carbonyl (C=O) groups is 1. The molecule has 0 saturated carbocycles. The molecule has 0 radical (unpaired) electrons. The van der Waals surface area contributed by atoms with E-state index in [9.17, 15) is 4.79 Å². The summed E-state index contributed by atoms with van der Waals surface area (Å²) < 4.78 is 4.95. The van der Waals surface area contributed by atoms with Crippen molar-refractivity contribution < 1.29 is 9.53 Å². The second-order valence-corrected chi connectivity index (χ2v) is 3.72. The summed E-state index contributed by atoms with van der Waals surface area (Å²) >= 11 is 0. The Kier molecular flexibility index (Phi) is 2.00. The van der Waals surface area contributed by atoms with Crippen LogP contribution in [0.3, 0.4) is 0 Å². The van der Waals surface area contributed by atoms with Crippen molar-refractivity contribution >= 4 is 6.09 Å². The molecule has 13 heavy (non-hydrogen) atoms. The number of ether oxygens (including phenoxy) is 1. The molecule has 0 aromatic rings. The maximum Gasteiger partial charge on any atom is 0.415 e. The summed E-state index contributed by atoms with van der Waals surface area (Å²) in [4.78, 5) is 13.2. The highest BCUT2D eigenvalue weighted by molar-refractivity contribution is 5.70. The molecule has 0 aromatic carbocycles. The van der Waals surface area contributed by atoms with Crippen LogP contribution in [0.25, 0.3) is 0 Å². The third kappa shape index (κ3) is 1.54. The quantitative estimate of drug-likeness (QED) is 0.607. The molecule has 2 heterocycles. The molecule has 2 bridgehead atoms. The normalized spacial score (nSPS) is 30.7. The number of likely N-dealkylation sites (tertiary alicyclic amines) is 1. The Morgan fingerprint density at radius 2 is 2.46 bits per heavy atom. The number of nitrogens with one attached hydrogen (secondary N) is 1. The van der Waals surface area contributed by atoms with Crippen molar-refractivity contribution in [1.82, 2.24) is 10.2 Å². The van der Waals surface area contributed by atoms with Crippen LogP contribution >= 0.6 is 0 Å². The molecule has 2 aliphatic rings. The second-order valence-electron chi connectivity index (χ2n) is 3.72. The SMILES string of the molecule is C=C(C)OC(=O)N1CC2CC1CN2. The molecule has 2 unspecified atom stereocenters. The average molecular weight is 182 g/mol. The minimum atomic E-state index is -0.249. The van der Waals surface area contributed by atoms with E-state index in [1.165, 1.54) is 0 Å². The lowest BCUT2D eigenvalue weighted by atomic mass is 10.2. The van der Waals surface area contributed by atoms with E-state index in [1.54, 1.807) is 11.8 Å². The minimum Gasteiger partial charge on any atom is -0.416 e. The molecule has 72 valence electrons. The van der Waals surface area contributed by atoms with Gasteiger partial charge in [-0.15, -0.1) is 0 Å². The third-order valence-electron chi connectivity index (χ3n) is 2.55. The van der Waals surface area contributed by atoms with Crippen LogP contribution in [-0.4, -0.2) is 36.2 Å². The van der Waals surface area contributed by atoms with Crippen molar-refractivity contribution in [3.63, 3.8) is 0 Å². The number of rotatable bonds is 1. The highest BCUT2D eigenvalue weighted by Gasteiger charge is 2.40. The van der Waals surface area contributed by atoms with Gasteiger partial charge >= 0.3 is 6.09 Å². The van der Waals surface area contributed by atoms with E-state index in [-0.39, 0.29) is 6.09 Å². The van der Waals surface area contributed by atoms with Crippen molar-refractivity contribution in [1.29, 1.82) is 0 Å². The van der Waals surface area contributed by atoms with E-state index < -0.39 is 0 Å². The van der Waals surface area contributed by atoms with Gasteiger partial charge in [0.1, 0.15) is 0 Å². The number of allylic oxidation sites excluding steroid dienone is 1. The Labute approximate surface area is 77.5 Å². The van der Waals surface area contributed by atoms with Crippen LogP contribution in [0.2, 0.25) is 0 Å². The number of nitrogens with zero attached hydrogens (tertiary/aromatic N) is 1. The van der Waals surface area contributed by atoms with E-state index in [1.807, 2.05) is 0 Å². The molecule has 1 N–H and O–H groups in total. The molecule has 4 nitrogen and oxygen atoms in total. The van der Waals surface area contributed by atoms with Crippen molar-refractivity contribution in [3.8, 4) is 0 Å². The molecule has 0 aliphatic carbocycles. The van der Waals surface area contributed by atoms with E-state index in [2.05, 4.69) is 11.9 Å². The summed E-state index contributed by atoms with van der Waals surface area (Å²) in [5.74, 6) is 0.459. The Morgan fingerprint density at radius 3 is 2.92 bits per heavy atom. The Balaban J connectivity index is 1.95. The number of hydrogen-bond acceptors (Lipinski definition) is 3. The molecule has 2 aliphatic heterocycles. The smallest absolute Gasteiger partial charge is 0.415 e. The van der Waals surface area contributed by atoms with Gasteiger partial charge in [-0.05, 0) is 13.3 Å². The monoisotopic (exact) mass is 182 g/mol. The van der Waals surface area contributed by atoms with Crippen LogP contribution in [0.1, 0.15) is 13.3 Å². The van der Waals surface area contributed by atoms with Gasteiger partial charge in [0.2, 0.25) is 0 Å². The molecular weight excluding hydrogens is 168 g/mol. The first-order valence-electron chi connectivity index (χ1n) is 4.54. The number of amides is 1. The highest BCUT2D eigenvalue weighted by Crippen LogP contribution is 2.24. The standard InChI is InChI=1S/C9H14N2O2/c1-6(2)13-9(12)11-5-7-3-8(11)4-10-7/h7-8,10H,1,3-5H2,2H3. The summed E-state index contributed by atoms with van der Waals surface area (Å²) in [7, 11) is 0. The number of piperazine rings is 1. The molecule has 4 heteroatoms. The van der Waals surface area contributed by atoms with Gasteiger partial charge in [-0.3, -0.25) is 0 Å². The maximum atomic E-state index is 11.5. The van der Waals surface area contributed by atoms with Crippen LogP contribution < -0.4 is 5.32 Å². The lowest BCUT2D eigenvalue weighted by Gasteiger charge is -2.26. The fraction of sp³-hybridized carbons (Fsp3) is 0.667. The zero-order valence-corrected chi connectivity index (χ0v) is 7.75. The molecule has 2 rings (SSSR count). The first-order valence-corrected chi connectivity index (χ1v) is 4.54. The van der Waals surface area contributed by atoms with Gasteiger partial charge in [0, 0.05) is 25.2 Å². The predicted octanol–water partition coefficient (Wildman–Crippen LogP) is 0.703. The van der Waals surface area contributed by atoms with Gasteiger partial charge in [0.15, 0.2) is 0 Å². The van der Waals surface area contributed by atoms with E-state index in [0.29, 0.717) is 17.8 Å². The predicted molar refractivity (Wildman–Crippen MR) is 48.2 cm³/mol. The molecule has 2 saturated heterocycles. The largest absolute Gasteiger partial charge is 0.416 e. The summed E-state index contributed by atoms with van der Waals surface area (Å²) in [5.41, 5.74) is 0. The minimum absolute atomic E-state index is 0.249. The van der Waals surface area contributed by atoms with Gasteiger partial charge in [-0.1, -0.05) is 6.58 Å². The second kappa shape index (κ2) is 3.03. The molecule has 0 aromatic heterocycles. The zero-order chi connectivity index (χ0) is 9.42. The summed E-state index contributed by atoms with van der Waals surface area (Å²) in [6, 6.07) is 0.805. The first-order chi connectivity index (χ1) is 6.16. The number of fused-ring (bicyclic) bond motifs is 2. The molecule has 2 atom stereocenters. The molecule has 1 amide bonds. The number of carbonyl (C=O) groups excluding carboxylic acids is 1. The van der Waals surface area contributed by atoms with E-state index in [4.69, 9.17) is 4.74 Å². The lowest BCUT2D eigenvalue weighted by molar-refractivity contribution is 0.119. The Hall–Kier alpha value is -1.03. The first kappa shape index (κ1) is 8.56. The van der Waals surface area contributed by atoms with Gasteiger partial charge in [0.25, 0.3) is 0 Å². The number of hydrogen-bond donors (Lipinski definition) is 1. The van der Waals surface area contributed by atoms with Gasteiger partial charge < -0.3 is 15.0 Å². The van der Waals surface area contributed by atoms with Crippen LogP contribution in [0.4, 0.5) is 4.79 Å². The fourth-order valence-corrected chi connectivity index (χ4v) is 1.99.